The van der Waals surface area contributed by atoms with Gasteiger partial charge in [0.05, 0.1) is 0 Å². The van der Waals surface area contributed by atoms with Crippen molar-refractivity contribution in [2.45, 2.75) is 45.6 Å². The van der Waals surface area contributed by atoms with Crippen molar-refractivity contribution in [2.75, 3.05) is 13.1 Å². The average molecular weight is 241 g/mol. The monoisotopic (exact) mass is 241 g/mol. The molecule has 2 amide bonds. The van der Waals surface area contributed by atoms with Gasteiger partial charge in [0.25, 0.3) is 0 Å². The van der Waals surface area contributed by atoms with Crippen molar-refractivity contribution in [2.24, 2.45) is 5.92 Å². The number of likely N-dealkylation sites (tertiary alicyclic amines) is 1. The van der Waals surface area contributed by atoms with Gasteiger partial charge in [-0.15, -0.1) is 0 Å². The van der Waals surface area contributed by atoms with E-state index in [0.717, 1.165) is 12.8 Å². The summed E-state index contributed by atoms with van der Waals surface area (Å²) in [6, 6.07) is 0. The second-order valence-corrected chi connectivity index (χ2v) is 5.54. The summed E-state index contributed by atoms with van der Waals surface area (Å²) in [5, 5.41) is 0. The average Bonchev–Trinajstić information content (AvgIpc) is 2.15. The lowest BCUT2D eigenvalue weighted by molar-refractivity contribution is -0.119. The number of nitrogens with one attached hydrogen (secondary N) is 1. The number of carbonyl (C=O) groups is 2. The molecule has 1 aliphatic heterocycles. The second kappa shape index (κ2) is 5.38. The van der Waals surface area contributed by atoms with E-state index in [9.17, 15) is 9.59 Å². The van der Waals surface area contributed by atoms with Gasteiger partial charge in [0.2, 0.25) is 5.91 Å². The normalized spacial score (nSPS) is 17.9. The van der Waals surface area contributed by atoms with Gasteiger partial charge in [-0.3, -0.25) is 10.5 Å². The number of hydrogen-bond acceptors (Lipinski definition) is 3. The summed E-state index contributed by atoms with van der Waals surface area (Å²) in [4.78, 5) is 24.1. The van der Waals surface area contributed by atoms with Gasteiger partial charge >= 0.3 is 6.09 Å². The Morgan fingerprint density at radius 3 is 2.24 bits per heavy atom. The Bertz CT molecular complexity index is 289. The summed E-state index contributed by atoms with van der Waals surface area (Å²) in [6.45, 7) is 6.77. The number of rotatable bonds is 2. The molecule has 0 saturated carbocycles. The molecule has 0 spiro atoms. The van der Waals surface area contributed by atoms with Gasteiger partial charge in [-0.25, -0.2) is 4.79 Å². The van der Waals surface area contributed by atoms with E-state index in [2.05, 4.69) is 0 Å². The van der Waals surface area contributed by atoms with E-state index in [0.29, 0.717) is 19.5 Å². The molecule has 97 valence electrons. The molecule has 0 bridgehead atoms. The fourth-order valence-electron chi connectivity index (χ4n) is 1.91. The lowest BCUT2D eigenvalue weighted by Crippen LogP contribution is -2.42. The highest BCUT2D eigenvalue weighted by atomic mass is 16.6. The highest BCUT2D eigenvalue weighted by Crippen LogP contribution is 2.21. The van der Waals surface area contributed by atoms with Crippen molar-refractivity contribution in [1.82, 2.24) is 10.6 Å². The fourth-order valence-corrected chi connectivity index (χ4v) is 1.91. The third-order valence-electron chi connectivity index (χ3n) is 2.74. The van der Waals surface area contributed by atoms with E-state index in [1.165, 1.54) is 0 Å². The Labute approximate surface area is 102 Å². The molecule has 1 saturated heterocycles. The molecule has 1 N–H and O–H groups in total. The molecule has 0 aromatic carbocycles. The Morgan fingerprint density at radius 2 is 1.82 bits per heavy atom. The van der Waals surface area contributed by atoms with Crippen LogP contribution in [0.2, 0.25) is 0 Å². The zero-order valence-corrected chi connectivity index (χ0v) is 10.8. The van der Waals surface area contributed by atoms with Crippen molar-refractivity contribution in [3.05, 3.63) is 0 Å². The van der Waals surface area contributed by atoms with Crippen LogP contribution < -0.4 is 5.73 Å². The van der Waals surface area contributed by atoms with Crippen LogP contribution in [0.5, 0.6) is 0 Å². The van der Waals surface area contributed by atoms with E-state index in [-0.39, 0.29) is 12.0 Å². The van der Waals surface area contributed by atoms with Crippen LogP contribution in [0.3, 0.4) is 0 Å². The molecule has 0 aromatic rings. The summed E-state index contributed by atoms with van der Waals surface area (Å²) in [6.07, 6.45) is 1.59. The zero-order chi connectivity index (χ0) is 13.1. The first kappa shape index (κ1) is 13.8. The van der Waals surface area contributed by atoms with E-state index < -0.39 is 11.5 Å². The number of hydrogen-bond donors (Lipinski definition) is 0. The van der Waals surface area contributed by atoms with Crippen molar-refractivity contribution in [1.29, 1.82) is 0 Å². The summed E-state index contributed by atoms with van der Waals surface area (Å²) in [5.41, 5.74) is 6.46. The molecule has 0 atom stereocenters. The lowest BCUT2D eigenvalue weighted by atomic mass is 9.93. The molecule has 17 heavy (non-hydrogen) atoms. The second-order valence-electron chi connectivity index (χ2n) is 5.54. The quantitative estimate of drug-likeness (QED) is 0.740. The molecule has 1 aliphatic rings. The number of nitrogens with zero attached hydrogens (tertiary/aromatic N) is 1. The predicted octanol–water partition coefficient (Wildman–Crippen LogP) is 1.83. The third kappa shape index (κ3) is 5.06. The highest BCUT2D eigenvalue weighted by Gasteiger charge is 2.27. The molecule has 1 radical (unpaired) electrons. The maximum absolute atomic E-state index is 11.7. The van der Waals surface area contributed by atoms with E-state index >= 15 is 0 Å². The highest BCUT2D eigenvalue weighted by molar-refractivity contribution is 5.73. The molecule has 5 nitrogen and oxygen atoms in total. The van der Waals surface area contributed by atoms with Gasteiger partial charge in [0.1, 0.15) is 5.60 Å². The minimum Gasteiger partial charge on any atom is -0.444 e. The van der Waals surface area contributed by atoms with Gasteiger partial charge in [-0.05, 0) is 39.5 Å². The molecular formula is C12H21N2O3. The van der Waals surface area contributed by atoms with Crippen molar-refractivity contribution < 1.29 is 14.3 Å². The standard InChI is InChI=1S/C12H21N2O3/c1-12(2,3)17-11(16)14-6-4-9(5-7-14)8-10(13)15/h9,13H,4-8H2,1-3H3. The molecule has 0 unspecified atom stereocenters. The Morgan fingerprint density at radius 1 is 1.29 bits per heavy atom. The summed E-state index contributed by atoms with van der Waals surface area (Å²) < 4.78 is 5.28. The molecule has 0 aromatic heterocycles. The Balaban J connectivity index is 2.36. The van der Waals surface area contributed by atoms with Crippen LogP contribution in [0, 0.1) is 5.92 Å². The SMILES string of the molecule is CC(C)(C)OC(=O)N1CCC(CC([NH])=O)CC1. The van der Waals surface area contributed by atoms with Gasteiger partial charge in [0.15, 0.2) is 0 Å². The van der Waals surface area contributed by atoms with Crippen molar-refractivity contribution in [3.8, 4) is 0 Å². The first-order valence-electron chi connectivity index (χ1n) is 6.00. The zero-order valence-electron chi connectivity index (χ0n) is 10.8. The van der Waals surface area contributed by atoms with Gasteiger partial charge in [-0.1, -0.05) is 0 Å². The summed E-state index contributed by atoms with van der Waals surface area (Å²) in [5.74, 6) is -0.264. The van der Waals surface area contributed by atoms with E-state index in [4.69, 9.17) is 10.5 Å². The van der Waals surface area contributed by atoms with Gasteiger partial charge in [0, 0.05) is 19.5 Å². The first-order valence-corrected chi connectivity index (χ1v) is 6.00. The molecule has 1 rings (SSSR count). The smallest absolute Gasteiger partial charge is 0.410 e. The minimum atomic E-state index is -0.513. The fraction of sp³-hybridized carbons (Fsp3) is 0.833. The van der Waals surface area contributed by atoms with Crippen LogP contribution in [0.15, 0.2) is 0 Å². The third-order valence-corrected chi connectivity index (χ3v) is 2.74. The lowest BCUT2D eigenvalue weighted by Gasteiger charge is -2.33. The van der Waals surface area contributed by atoms with Crippen LogP contribution in [0.1, 0.15) is 40.0 Å². The van der Waals surface area contributed by atoms with Crippen molar-refractivity contribution in [3.63, 3.8) is 0 Å². The number of ether oxygens (including phenoxy) is 1. The summed E-state index contributed by atoms with van der Waals surface area (Å²) >= 11 is 0. The van der Waals surface area contributed by atoms with E-state index in [1.54, 1.807) is 4.90 Å². The van der Waals surface area contributed by atoms with Gasteiger partial charge < -0.3 is 9.64 Å². The first-order chi connectivity index (χ1) is 7.78. The number of piperidine rings is 1. The maximum atomic E-state index is 11.7. The van der Waals surface area contributed by atoms with Crippen LogP contribution >= 0.6 is 0 Å². The van der Waals surface area contributed by atoms with Crippen molar-refractivity contribution >= 4 is 12.0 Å². The maximum Gasteiger partial charge on any atom is 0.410 e. The summed E-state index contributed by atoms with van der Waals surface area (Å²) in [7, 11) is 0. The topological polar surface area (TPSA) is 70.4 Å². The van der Waals surface area contributed by atoms with Crippen LogP contribution in [-0.2, 0) is 9.53 Å². The molecule has 1 heterocycles. The predicted molar refractivity (Wildman–Crippen MR) is 63.3 cm³/mol. The largest absolute Gasteiger partial charge is 0.444 e. The number of amides is 2. The van der Waals surface area contributed by atoms with Crippen LogP contribution in [-0.4, -0.2) is 35.6 Å². The molecule has 0 aliphatic carbocycles. The molecular weight excluding hydrogens is 220 g/mol. The van der Waals surface area contributed by atoms with Crippen LogP contribution in [0.25, 0.3) is 0 Å². The minimum absolute atomic E-state index is 0.249. The molecule has 5 heteroatoms. The van der Waals surface area contributed by atoms with E-state index in [1.807, 2.05) is 20.8 Å². The Hall–Kier alpha value is -1.26. The van der Waals surface area contributed by atoms with Gasteiger partial charge in [-0.2, -0.15) is 0 Å². The number of carbonyl (C=O) groups excluding carboxylic acids is 2. The van der Waals surface area contributed by atoms with Crippen LogP contribution in [0.4, 0.5) is 4.79 Å². The Kier molecular flexibility index (Phi) is 4.37. The molecule has 1 fully saturated rings.